The lowest BCUT2D eigenvalue weighted by molar-refractivity contribution is 0.104. The first-order chi connectivity index (χ1) is 10.3. The normalized spacial score (nSPS) is 25.2. The Bertz CT molecular complexity index is 457. The number of aromatic nitrogens is 2. The van der Waals surface area contributed by atoms with E-state index in [-0.39, 0.29) is 12.2 Å². The van der Waals surface area contributed by atoms with Gasteiger partial charge in [0, 0.05) is 25.8 Å². The van der Waals surface area contributed by atoms with Crippen LogP contribution in [0.4, 0.5) is 5.82 Å². The van der Waals surface area contributed by atoms with E-state index in [0.717, 1.165) is 51.3 Å². The third kappa shape index (κ3) is 3.83. The van der Waals surface area contributed by atoms with Crippen LogP contribution < -0.4 is 10.1 Å². The molecule has 6 nitrogen and oxygen atoms in total. The number of hydrogen-bond acceptors (Lipinski definition) is 6. The molecule has 0 aromatic carbocycles. The molecule has 2 unspecified atom stereocenters. The van der Waals surface area contributed by atoms with Crippen molar-refractivity contribution >= 4 is 5.82 Å². The van der Waals surface area contributed by atoms with Crippen LogP contribution in [0.25, 0.3) is 0 Å². The Morgan fingerprint density at radius 3 is 2.81 bits per heavy atom. The SMILES string of the molecule is CCOc1cc(NCC2CCCO2)nc(C2CCCO2)n1. The van der Waals surface area contributed by atoms with Crippen LogP contribution >= 0.6 is 0 Å². The molecule has 2 aliphatic rings. The van der Waals surface area contributed by atoms with Crippen LogP contribution in [-0.4, -0.2) is 42.4 Å². The quantitative estimate of drug-likeness (QED) is 0.868. The fourth-order valence-corrected chi connectivity index (χ4v) is 2.70. The van der Waals surface area contributed by atoms with Gasteiger partial charge in [-0.05, 0) is 32.6 Å². The molecule has 1 N–H and O–H groups in total. The molecule has 21 heavy (non-hydrogen) atoms. The van der Waals surface area contributed by atoms with Gasteiger partial charge >= 0.3 is 0 Å². The van der Waals surface area contributed by atoms with Crippen LogP contribution in [0.2, 0.25) is 0 Å². The molecule has 3 heterocycles. The Labute approximate surface area is 125 Å². The van der Waals surface area contributed by atoms with Crippen molar-refractivity contribution in [2.75, 3.05) is 31.7 Å². The van der Waals surface area contributed by atoms with Crippen molar-refractivity contribution in [2.45, 2.75) is 44.8 Å². The minimum atomic E-state index is -0.00585. The molecule has 2 saturated heterocycles. The predicted octanol–water partition coefficient (Wildman–Crippen LogP) is 2.32. The minimum absolute atomic E-state index is 0.00585. The van der Waals surface area contributed by atoms with Gasteiger partial charge in [-0.3, -0.25) is 0 Å². The molecular formula is C15H23N3O3. The second kappa shape index (κ2) is 7.04. The molecule has 0 aliphatic carbocycles. The van der Waals surface area contributed by atoms with Gasteiger partial charge in [0.2, 0.25) is 5.88 Å². The molecule has 116 valence electrons. The highest BCUT2D eigenvalue weighted by Crippen LogP contribution is 2.28. The lowest BCUT2D eigenvalue weighted by atomic mass is 10.2. The Hall–Kier alpha value is -1.40. The lowest BCUT2D eigenvalue weighted by Crippen LogP contribution is -2.19. The number of rotatable bonds is 6. The molecule has 0 saturated carbocycles. The summed E-state index contributed by atoms with van der Waals surface area (Å²) in [7, 11) is 0. The van der Waals surface area contributed by atoms with Crippen LogP contribution in [-0.2, 0) is 9.47 Å². The number of ether oxygens (including phenoxy) is 3. The van der Waals surface area contributed by atoms with E-state index in [0.29, 0.717) is 18.3 Å². The van der Waals surface area contributed by atoms with Gasteiger partial charge in [0.05, 0.1) is 12.7 Å². The maximum atomic E-state index is 5.67. The average Bonchev–Trinajstić information content (AvgIpc) is 3.19. The molecule has 0 amide bonds. The second-order valence-electron chi connectivity index (χ2n) is 5.40. The molecule has 0 spiro atoms. The van der Waals surface area contributed by atoms with Crippen molar-refractivity contribution in [3.8, 4) is 5.88 Å². The first kappa shape index (κ1) is 14.5. The summed E-state index contributed by atoms with van der Waals surface area (Å²) in [5, 5.41) is 3.34. The number of nitrogens with one attached hydrogen (secondary N) is 1. The van der Waals surface area contributed by atoms with E-state index >= 15 is 0 Å². The predicted molar refractivity (Wildman–Crippen MR) is 78.6 cm³/mol. The van der Waals surface area contributed by atoms with Crippen LogP contribution in [0.15, 0.2) is 6.07 Å². The number of anilines is 1. The molecule has 1 aromatic rings. The van der Waals surface area contributed by atoms with E-state index in [1.165, 1.54) is 0 Å². The van der Waals surface area contributed by atoms with E-state index in [4.69, 9.17) is 14.2 Å². The molecule has 0 bridgehead atoms. The van der Waals surface area contributed by atoms with Crippen molar-refractivity contribution in [1.82, 2.24) is 9.97 Å². The standard InChI is InChI=1S/C15H23N3O3/c1-2-19-14-9-13(16-10-11-5-3-7-20-11)17-15(18-14)12-6-4-8-21-12/h9,11-12H,2-8,10H2,1H3,(H,16,17,18). The molecule has 6 heteroatoms. The summed E-state index contributed by atoms with van der Waals surface area (Å²) in [6, 6.07) is 1.84. The highest BCUT2D eigenvalue weighted by Gasteiger charge is 2.22. The number of nitrogens with zero attached hydrogens (tertiary/aromatic N) is 2. The zero-order valence-electron chi connectivity index (χ0n) is 12.5. The van der Waals surface area contributed by atoms with Gasteiger partial charge < -0.3 is 19.5 Å². The summed E-state index contributed by atoms with van der Waals surface area (Å²) in [4.78, 5) is 9.03. The molecule has 1 aromatic heterocycles. The summed E-state index contributed by atoms with van der Waals surface area (Å²) in [6.07, 6.45) is 4.55. The van der Waals surface area contributed by atoms with Crippen LogP contribution in [0.3, 0.4) is 0 Å². The van der Waals surface area contributed by atoms with E-state index in [1.54, 1.807) is 0 Å². The van der Waals surface area contributed by atoms with Gasteiger partial charge in [0.25, 0.3) is 0 Å². The summed E-state index contributed by atoms with van der Waals surface area (Å²) in [5.41, 5.74) is 0. The Kier molecular flexibility index (Phi) is 4.87. The van der Waals surface area contributed by atoms with Crippen LogP contribution in [0.5, 0.6) is 5.88 Å². The molecular weight excluding hydrogens is 270 g/mol. The molecule has 0 radical (unpaired) electrons. The summed E-state index contributed by atoms with van der Waals surface area (Å²) < 4.78 is 16.8. The first-order valence-electron chi connectivity index (χ1n) is 7.84. The molecule has 3 rings (SSSR count). The highest BCUT2D eigenvalue weighted by atomic mass is 16.5. The highest BCUT2D eigenvalue weighted by molar-refractivity contribution is 5.39. The maximum Gasteiger partial charge on any atom is 0.218 e. The second-order valence-corrected chi connectivity index (χ2v) is 5.40. The van der Waals surface area contributed by atoms with Gasteiger partial charge in [-0.15, -0.1) is 0 Å². The lowest BCUT2D eigenvalue weighted by Gasteiger charge is -2.15. The zero-order chi connectivity index (χ0) is 14.5. The summed E-state index contributed by atoms with van der Waals surface area (Å²) in [6.45, 7) is 4.96. The topological polar surface area (TPSA) is 65.5 Å². The van der Waals surface area contributed by atoms with Crippen molar-refractivity contribution in [2.24, 2.45) is 0 Å². The Morgan fingerprint density at radius 2 is 2.10 bits per heavy atom. The van der Waals surface area contributed by atoms with E-state index < -0.39 is 0 Å². The maximum absolute atomic E-state index is 5.67. The van der Waals surface area contributed by atoms with Crippen molar-refractivity contribution in [3.63, 3.8) is 0 Å². The Balaban J connectivity index is 1.70. The van der Waals surface area contributed by atoms with Crippen molar-refractivity contribution < 1.29 is 14.2 Å². The van der Waals surface area contributed by atoms with Crippen molar-refractivity contribution in [3.05, 3.63) is 11.9 Å². The average molecular weight is 293 g/mol. The van der Waals surface area contributed by atoms with Gasteiger partial charge in [-0.1, -0.05) is 0 Å². The van der Waals surface area contributed by atoms with Crippen LogP contribution in [0.1, 0.15) is 44.5 Å². The summed E-state index contributed by atoms with van der Waals surface area (Å²) >= 11 is 0. The van der Waals surface area contributed by atoms with Gasteiger partial charge in [-0.2, -0.15) is 4.98 Å². The largest absolute Gasteiger partial charge is 0.478 e. The first-order valence-corrected chi connectivity index (χ1v) is 7.84. The van der Waals surface area contributed by atoms with Gasteiger partial charge in [-0.25, -0.2) is 4.98 Å². The minimum Gasteiger partial charge on any atom is -0.478 e. The van der Waals surface area contributed by atoms with Crippen molar-refractivity contribution in [1.29, 1.82) is 0 Å². The zero-order valence-corrected chi connectivity index (χ0v) is 12.5. The van der Waals surface area contributed by atoms with Gasteiger partial charge in [0.15, 0.2) is 5.82 Å². The molecule has 2 fully saturated rings. The third-order valence-electron chi connectivity index (χ3n) is 3.76. The fourth-order valence-electron chi connectivity index (χ4n) is 2.70. The van der Waals surface area contributed by atoms with E-state index in [1.807, 2.05) is 13.0 Å². The van der Waals surface area contributed by atoms with Gasteiger partial charge in [0.1, 0.15) is 11.9 Å². The third-order valence-corrected chi connectivity index (χ3v) is 3.76. The van der Waals surface area contributed by atoms with E-state index in [2.05, 4.69) is 15.3 Å². The van der Waals surface area contributed by atoms with E-state index in [9.17, 15) is 0 Å². The molecule has 2 aliphatic heterocycles. The fraction of sp³-hybridized carbons (Fsp3) is 0.733. The monoisotopic (exact) mass is 293 g/mol. The van der Waals surface area contributed by atoms with Crippen LogP contribution in [0, 0.1) is 0 Å². The summed E-state index contributed by atoms with van der Waals surface area (Å²) in [5.74, 6) is 2.11. The number of hydrogen-bond donors (Lipinski definition) is 1. The Morgan fingerprint density at radius 1 is 1.24 bits per heavy atom. The smallest absolute Gasteiger partial charge is 0.218 e. The molecule has 2 atom stereocenters.